The number of hydrogen-bond acceptors (Lipinski definition) is 2. The van der Waals surface area contributed by atoms with Crippen molar-refractivity contribution in [3.8, 4) is 5.75 Å². The van der Waals surface area contributed by atoms with Crippen LogP contribution in [-0.4, -0.2) is 6.61 Å². The van der Waals surface area contributed by atoms with Crippen molar-refractivity contribution in [2.45, 2.75) is 25.5 Å². The van der Waals surface area contributed by atoms with E-state index in [9.17, 15) is 13.2 Å². The highest BCUT2D eigenvalue weighted by atomic mass is 19.3. The molecule has 3 rings (SSSR count). The van der Waals surface area contributed by atoms with E-state index in [1.807, 2.05) is 0 Å². The maximum absolute atomic E-state index is 13.2. The van der Waals surface area contributed by atoms with Crippen LogP contribution in [0.4, 0.5) is 18.9 Å². The maximum Gasteiger partial charge on any atom is 0.387 e. The van der Waals surface area contributed by atoms with E-state index in [2.05, 4.69) is 10.1 Å². The number of halogens is 3. The molecule has 0 aromatic heterocycles. The molecule has 21 heavy (non-hydrogen) atoms. The molecular weight excluding hydrogens is 279 g/mol. The summed E-state index contributed by atoms with van der Waals surface area (Å²) in [5, 5.41) is 3.33. The molecule has 0 radical (unpaired) electrons. The van der Waals surface area contributed by atoms with Gasteiger partial charge in [0.1, 0.15) is 11.6 Å². The third kappa shape index (κ3) is 3.12. The first kappa shape index (κ1) is 13.8. The van der Waals surface area contributed by atoms with E-state index in [1.165, 1.54) is 18.2 Å². The van der Waals surface area contributed by atoms with Crippen LogP contribution in [0.15, 0.2) is 42.5 Å². The summed E-state index contributed by atoms with van der Waals surface area (Å²) >= 11 is 0. The highest BCUT2D eigenvalue weighted by molar-refractivity contribution is 5.50. The Balaban J connectivity index is 1.71. The van der Waals surface area contributed by atoms with Crippen LogP contribution in [0.3, 0.4) is 0 Å². The lowest BCUT2D eigenvalue weighted by atomic mass is 10.1. The van der Waals surface area contributed by atoms with Crippen molar-refractivity contribution in [2.75, 3.05) is 5.32 Å². The van der Waals surface area contributed by atoms with Gasteiger partial charge in [0.25, 0.3) is 0 Å². The molecule has 1 atom stereocenters. The van der Waals surface area contributed by atoms with Crippen LogP contribution in [-0.2, 0) is 6.42 Å². The van der Waals surface area contributed by atoms with Crippen molar-refractivity contribution in [1.82, 2.24) is 0 Å². The van der Waals surface area contributed by atoms with Crippen LogP contribution < -0.4 is 10.1 Å². The standard InChI is InChI=1S/C16H14F3NO/c17-11-2-7-14-10(9-11)1-8-15(14)20-12-3-5-13(6-4-12)21-16(18)19/h2-7,9,15-16,20H,1,8H2. The minimum absolute atomic E-state index is 0.113. The van der Waals surface area contributed by atoms with Crippen LogP contribution >= 0.6 is 0 Å². The molecule has 2 nitrogen and oxygen atoms in total. The first-order chi connectivity index (χ1) is 10.1. The molecule has 0 amide bonds. The summed E-state index contributed by atoms with van der Waals surface area (Å²) in [5.41, 5.74) is 2.92. The summed E-state index contributed by atoms with van der Waals surface area (Å²) in [6.07, 6.45) is 1.71. The highest BCUT2D eigenvalue weighted by Gasteiger charge is 2.22. The Bertz CT molecular complexity index is 628. The first-order valence-electron chi connectivity index (χ1n) is 6.71. The largest absolute Gasteiger partial charge is 0.435 e. The Morgan fingerprint density at radius 1 is 1.10 bits per heavy atom. The molecule has 1 aliphatic carbocycles. The number of alkyl halides is 2. The Kier molecular flexibility index (Phi) is 3.73. The number of rotatable bonds is 4. The van der Waals surface area contributed by atoms with E-state index < -0.39 is 6.61 Å². The SMILES string of the molecule is Fc1ccc2c(c1)CCC2Nc1ccc(OC(F)F)cc1. The Morgan fingerprint density at radius 3 is 2.57 bits per heavy atom. The van der Waals surface area contributed by atoms with Crippen LogP contribution in [0.5, 0.6) is 5.75 Å². The molecule has 2 aromatic rings. The average molecular weight is 293 g/mol. The summed E-state index contributed by atoms with van der Waals surface area (Å²) < 4.78 is 41.6. The number of fused-ring (bicyclic) bond motifs is 1. The number of benzene rings is 2. The summed E-state index contributed by atoms with van der Waals surface area (Å²) in [6, 6.07) is 11.3. The Morgan fingerprint density at radius 2 is 1.86 bits per heavy atom. The summed E-state index contributed by atoms with van der Waals surface area (Å²) in [7, 11) is 0. The topological polar surface area (TPSA) is 21.3 Å². The molecule has 0 aliphatic heterocycles. The molecular formula is C16H14F3NO. The van der Waals surface area contributed by atoms with E-state index in [-0.39, 0.29) is 17.6 Å². The van der Waals surface area contributed by atoms with Gasteiger partial charge < -0.3 is 10.1 Å². The monoisotopic (exact) mass is 293 g/mol. The smallest absolute Gasteiger partial charge is 0.387 e. The molecule has 0 fully saturated rings. The van der Waals surface area contributed by atoms with E-state index in [4.69, 9.17) is 0 Å². The lowest BCUT2D eigenvalue weighted by molar-refractivity contribution is -0.0498. The van der Waals surface area contributed by atoms with Gasteiger partial charge in [0.15, 0.2) is 0 Å². The maximum atomic E-state index is 13.2. The quantitative estimate of drug-likeness (QED) is 0.894. The number of anilines is 1. The highest BCUT2D eigenvalue weighted by Crippen LogP contribution is 2.34. The molecule has 1 unspecified atom stereocenters. The minimum atomic E-state index is -2.82. The van der Waals surface area contributed by atoms with Gasteiger partial charge in [0.05, 0.1) is 6.04 Å². The predicted octanol–water partition coefficient (Wildman–Crippen LogP) is 4.53. The van der Waals surface area contributed by atoms with Crippen LogP contribution in [0.2, 0.25) is 0 Å². The van der Waals surface area contributed by atoms with Crippen LogP contribution in [0.25, 0.3) is 0 Å². The van der Waals surface area contributed by atoms with Gasteiger partial charge in [-0.2, -0.15) is 8.78 Å². The van der Waals surface area contributed by atoms with Gasteiger partial charge in [0.2, 0.25) is 0 Å². The molecule has 1 N–H and O–H groups in total. The fraction of sp³-hybridized carbons (Fsp3) is 0.250. The molecule has 1 aliphatic rings. The van der Waals surface area contributed by atoms with Gasteiger partial charge in [-0.15, -0.1) is 0 Å². The molecule has 0 spiro atoms. The third-order valence-corrected chi connectivity index (χ3v) is 3.60. The molecule has 2 aromatic carbocycles. The second-order valence-corrected chi connectivity index (χ2v) is 4.98. The van der Waals surface area contributed by atoms with E-state index in [1.54, 1.807) is 24.3 Å². The van der Waals surface area contributed by atoms with Gasteiger partial charge in [-0.05, 0) is 60.4 Å². The van der Waals surface area contributed by atoms with E-state index in [0.29, 0.717) is 0 Å². The lowest BCUT2D eigenvalue weighted by Gasteiger charge is -2.16. The Hall–Kier alpha value is -2.17. The molecule has 0 bridgehead atoms. The molecule has 5 heteroatoms. The average Bonchev–Trinajstić information content (AvgIpc) is 2.83. The van der Waals surface area contributed by atoms with Crippen molar-refractivity contribution < 1.29 is 17.9 Å². The number of aryl methyl sites for hydroxylation is 1. The van der Waals surface area contributed by atoms with Crippen LogP contribution in [0, 0.1) is 5.82 Å². The lowest BCUT2D eigenvalue weighted by Crippen LogP contribution is -2.07. The van der Waals surface area contributed by atoms with Gasteiger partial charge in [-0.3, -0.25) is 0 Å². The zero-order valence-corrected chi connectivity index (χ0v) is 11.2. The normalized spacial score (nSPS) is 16.9. The second-order valence-electron chi connectivity index (χ2n) is 4.98. The summed E-state index contributed by atoms with van der Waals surface area (Å²) in [5.74, 6) is -0.0904. The zero-order chi connectivity index (χ0) is 14.8. The fourth-order valence-electron chi connectivity index (χ4n) is 2.67. The molecule has 0 heterocycles. The van der Waals surface area contributed by atoms with Gasteiger partial charge in [-0.1, -0.05) is 6.07 Å². The van der Waals surface area contributed by atoms with Crippen molar-refractivity contribution in [1.29, 1.82) is 0 Å². The Labute approximate surface area is 120 Å². The van der Waals surface area contributed by atoms with Crippen molar-refractivity contribution in [3.63, 3.8) is 0 Å². The number of ether oxygens (including phenoxy) is 1. The summed E-state index contributed by atoms with van der Waals surface area (Å²) in [6.45, 7) is -2.82. The van der Waals surface area contributed by atoms with Crippen LogP contribution in [0.1, 0.15) is 23.6 Å². The van der Waals surface area contributed by atoms with E-state index in [0.717, 1.165) is 29.7 Å². The predicted molar refractivity (Wildman–Crippen MR) is 74.2 cm³/mol. The van der Waals surface area contributed by atoms with Gasteiger partial charge in [0, 0.05) is 5.69 Å². The zero-order valence-electron chi connectivity index (χ0n) is 11.2. The molecule has 0 saturated carbocycles. The second kappa shape index (κ2) is 5.68. The number of nitrogens with one attached hydrogen (secondary N) is 1. The van der Waals surface area contributed by atoms with E-state index >= 15 is 0 Å². The number of hydrogen-bond donors (Lipinski definition) is 1. The van der Waals surface area contributed by atoms with Gasteiger partial charge in [-0.25, -0.2) is 4.39 Å². The van der Waals surface area contributed by atoms with Crippen molar-refractivity contribution in [3.05, 3.63) is 59.4 Å². The first-order valence-corrected chi connectivity index (χ1v) is 6.71. The molecule has 0 saturated heterocycles. The molecule has 110 valence electrons. The third-order valence-electron chi connectivity index (χ3n) is 3.60. The van der Waals surface area contributed by atoms with Crippen molar-refractivity contribution in [2.24, 2.45) is 0 Å². The summed E-state index contributed by atoms with van der Waals surface area (Å²) in [4.78, 5) is 0. The fourth-order valence-corrected chi connectivity index (χ4v) is 2.67. The van der Waals surface area contributed by atoms with Crippen molar-refractivity contribution >= 4 is 5.69 Å². The van der Waals surface area contributed by atoms with Gasteiger partial charge >= 0.3 is 6.61 Å². The minimum Gasteiger partial charge on any atom is -0.435 e.